The molecule has 0 saturated carbocycles. The van der Waals surface area contributed by atoms with Gasteiger partial charge in [-0.1, -0.05) is 11.6 Å². The Labute approximate surface area is 88.5 Å². The van der Waals surface area contributed by atoms with Crippen LogP contribution in [0.25, 0.3) is 0 Å². The fourth-order valence-electron chi connectivity index (χ4n) is 0.567. The van der Waals surface area contributed by atoms with Crippen LogP contribution in [0.3, 0.4) is 0 Å². The van der Waals surface area contributed by atoms with Crippen LogP contribution in [-0.4, -0.2) is 16.1 Å². The van der Waals surface area contributed by atoms with Gasteiger partial charge in [0.1, 0.15) is 0 Å². The van der Waals surface area contributed by atoms with Gasteiger partial charge in [-0.05, 0) is 6.07 Å². The second kappa shape index (κ2) is 5.55. The summed E-state index contributed by atoms with van der Waals surface area (Å²) < 4.78 is 35.6. The van der Waals surface area contributed by atoms with E-state index in [-0.39, 0.29) is 5.02 Å². The van der Waals surface area contributed by atoms with Gasteiger partial charge in [-0.3, -0.25) is 9.78 Å². The highest BCUT2D eigenvalue weighted by atomic mass is 35.5. The number of nitrogens with zero attached hydrogens (tertiary/aromatic N) is 1. The molecule has 1 aromatic heterocycles. The number of pyridine rings is 1. The number of hydrogen-bond acceptors (Lipinski definition) is 2. The van der Waals surface area contributed by atoms with Gasteiger partial charge in [-0.15, -0.1) is 0 Å². The van der Waals surface area contributed by atoms with Gasteiger partial charge in [-0.2, -0.15) is 13.2 Å². The first-order chi connectivity index (χ1) is 6.73. The third-order valence-electron chi connectivity index (χ3n) is 1.03. The van der Waals surface area contributed by atoms with Gasteiger partial charge in [0.25, 0.3) is 5.97 Å². The van der Waals surface area contributed by atoms with E-state index in [0.717, 1.165) is 25.4 Å². The Bertz CT molecular complexity index is 337. The van der Waals surface area contributed by atoms with Gasteiger partial charge >= 0.3 is 6.18 Å². The van der Waals surface area contributed by atoms with Crippen molar-refractivity contribution in [1.29, 1.82) is 0 Å². The predicted molar refractivity (Wildman–Crippen MR) is 47.6 cm³/mol. The number of carbonyl (C=O) groups is 1. The minimum atomic E-state index is -4.36. The Hall–Kier alpha value is -1.30. The summed E-state index contributed by atoms with van der Waals surface area (Å²) in [5.74, 6) is -0.833. The first-order valence-electron chi connectivity index (χ1n) is 3.60. The highest BCUT2D eigenvalue weighted by Crippen LogP contribution is 2.29. The van der Waals surface area contributed by atoms with Gasteiger partial charge in [0.15, 0.2) is 0 Å². The zero-order valence-electron chi connectivity index (χ0n) is 7.55. The predicted octanol–water partition coefficient (Wildman–Crippen LogP) is 2.84. The van der Waals surface area contributed by atoms with E-state index >= 15 is 0 Å². The fourth-order valence-corrected chi connectivity index (χ4v) is 0.741. The summed E-state index contributed by atoms with van der Waals surface area (Å²) in [6.45, 7) is 1.08. The average Bonchev–Trinajstić information content (AvgIpc) is 2.01. The quantitative estimate of drug-likeness (QED) is 0.760. The minimum absolute atomic E-state index is 0.0141. The smallest absolute Gasteiger partial charge is 0.417 e. The van der Waals surface area contributed by atoms with E-state index in [4.69, 9.17) is 21.5 Å². The normalized spacial score (nSPS) is 10.2. The van der Waals surface area contributed by atoms with E-state index in [9.17, 15) is 13.2 Å². The molecule has 0 bridgehead atoms. The minimum Gasteiger partial charge on any atom is -0.481 e. The van der Waals surface area contributed by atoms with Crippen molar-refractivity contribution in [2.75, 3.05) is 0 Å². The average molecular weight is 242 g/mol. The van der Waals surface area contributed by atoms with Crippen molar-refractivity contribution in [1.82, 2.24) is 4.98 Å². The van der Waals surface area contributed by atoms with Gasteiger partial charge in [0.2, 0.25) is 0 Å². The van der Waals surface area contributed by atoms with Crippen LogP contribution in [0.15, 0.2) is 18.5 Å². The SMILES string of the molecule is CC(=O)O.FC(F)(F)c1cncc(Cl)c1. The Balaban J connectivity index is 0.000000423. The molecule has 0 spiro atoms. The molecule has 0 unspecified atom stereocenters. The van der Waals surface area contributed by atoms with Crippen molar-refractivity contribution < 1.29 is 23.1 Å². The van der Waals surface area contributed by atoms with Gasteiger partial charge in [-0.25, -0.2) is 0 Å². The lowest BCUT2D eigenvalue weighted by Crippen LogP contribution is -2.04. The van der Waals surface area contributed by atoms with Crippen LogP contribution in [0.1, 0.15) is 12.5 Å². The van der Waals surface area contributed by atoms with Gasteiger partial charge in [0.05, 0.1) is 10.6 Å². The molecule has 0 aliphatic rings. The summed E-state index contributed by atoms with van der Waals surface area (Å²) in [7, 11) is 0. The molecule has 1 heterocycles. The molecule has 0 aliphatic carbocycles. The second-order valence-electron chi connectivity index (χ2n) is 2.41. The van der Waals surface area contributed by atoms with Crippen LogP contribution in [0.2, 0.25) is 5.02 Å². The van der Waals surface area contributed by atoms with Crippen LogP contribution in [0.5, 0.6) is 0 Å². The number of alkyl halides is 3. The number of halogens is 4. The number of rotatable bonds is 0. The standard InChI is InChI=1S/C6H3ClF3N.C2H4O2/c7-5-1-4(2-11-3-5)6(8,9)10;1-2(3)4/h1-3H;1H3,(H,3,4). The first-order valence-corrected chi connectivity index (χ1v) is 3.98. The van der Waals surface area contributed by atoms with Gasteiger partial charge < -0.3 is 5.11 Å². The Morgan fingerprint density at radius 1 is 1.47 bits per heavy atom. The van der Waals surface area contributed by atoms with Crippen molar-refractivity contribution in [3.05, 3.63) is 29.0 Å². The van der Waals surface area contributed by atoms with Gasteiger partial charge in [0, 0.05) is 19.3 Å². The topological polar surface area (TPSA) is 50.2 Å². The largest absolute Gasteiger partial charge is 0.481 e. The summed E-state index contributed by atoms with van der Waals surface area (Å²) in [6, 6.07) is 0.828. The highest BCUT2D eigenvalue weighted by Gasteiger charge is 2.30. The summed E-state index contributed by atoms with van der Waals surface area (Å²) in [5, 5.41) is 7.40. The summed E-state index contributed by atoms with van der Waals surface area (Å²) in [4.78, 5) is 12.3. The lowest BCUT2D eigenvalue weighted by atomic mass is 10.3. The maximum atomic E-state index is 11.9. The monoisotopic (exact) mass is 241 g/mol. The molecule has 0 fully saturated rings. The van der Waals surface area contributed by atoms with Crippen LogP contribution in [-0.2, 0) is 11.0 Å². The zero-order chi connectivity index (χ0) is 12.1. The van der Waals surface area contributed by atoms with E-state index in [1.54, 1.807) is 0 Å². The van der Waals surface area contributed by atoms with E-state index in [0.29, 0.717) is 0 Å². The van der Waals surface area contributed by atoms with E-state index < -0.39 is 17.7 Å². The van der Waals surface area contributed by atoms with E-state index in [1.165, 1.54) is 0 Å². The third-order valence-corrected chi connectivity index (χ3v) is 1.24. The molecule has 0 atom stereocenters. The molecule has 0 aliphatic heterocycles. The number of carboxylic acids is 1. The zero-order valence-corrected chi connectivity index (χ0v) is 8.30. The van der Waals surface area contributed by atoms with Crippen molar-refractivity contribution in [2.24, 2.45) is 0 Å². The summed E-state index contributed by atoms with van der Waals surface area (Å²) in [5.41, 5.74) is -0.829. The molecule has 15 heavy (non-hydrogen) atoms. The van der Waals surface area contributed by atoms with E-state index in [2.05, 4.69) is 4.98 Å². The maximum Gasteiger partial charge on any atom is 0.417 e. The van der Waals surface area contributed by atoms with Crippen LogP contribution < -0.4 is 0 Å². The van der Waals surface area contributed by atoms with E-state index in [1.807, 2.05) is 0 Å². The molecular formula is C8H7ClF3NO2. The Kier molecular flexibility index (Phi) is 5.07. The van der Waals surface area contributed by atoms with Crippen LogP contribution in [0.4, 0.5) is 13.2 Å². The van der Waals surface area contributed by atoms with Crippen LogP contribution in [0, 0.1) is 0 Å². The molecule has 1 N–H and O–H groups in total. The molecular weight excluding hydrogens is 235 g/mol. The van der Waals surface area contributed by atoms with Crippen molar-refractivity contribution in [2.45, 2.75) is 13.1 Å². The summed E-state index contributed by atoms with van der Waals surface area (Å²) in [6.07, 6.45) is -2.49. The summed E-state index contributed by atoms with van der Waals surface area (Å²) >= 11 is 5.29. The molecule has 1 aromatic rings. The number of hydrogen-bond donors (Lipinski definition) is 1. The highest BCUT2D eigenvalue weighted by molar-refractivity contribution is 6.30. The van der Waals surface area contributed by atoms with Crippen LogP contribution >= 0.6 is 11.6 Å². The maximum absolute atomic E-state index is 11.9. The molecule has 0 radical (unpaired) electrons. The molecule has 3 nitrogen and oxygen atoms in total. The van der Waals surface area contributed by atoms with Crippen molar-refractivity contribution in [3.63, 3.8) is 0 Å². The third kappa shape index (κ3) is 6.73. The Morgan fingerprint density at radius 3 is 2.20 bits per heavy atom. The lowest BCUT2D eigenvalue weighted by Gasteiger charge is -2.04. The van der Waals surface area contributed by atoms with Crippen molar-refractivity contribution >= 4 is 17.6 Å². The molecule has 1 rings (SSSR count). The molecule has 0 amide bonds. The molecule has 7 heteroatoms. The number of aliphatic carboxylic acids is 1. The second-order valence-corrected chi connectivity index (χ2v) is 2.85. The first kappa shape index (κ1) is 13.7. The fraction of sp³-hybridized carbons (Fsp3) is 0.250. The number of carboxylic acid groups (broad SMARTS) is 1. The Morgan fingerprint density at radius 2 is 1.93 bits per heavy atom. The molecule has 84 valence electrons. The molecule has 0 aromatic carbocycles. The number of aromatic nitrogens is 1. The lowest BCUT2D eigenvalue weighted by molar-refractivity contribution is -0.138. The van der Waals surface area contributed by atoms with Crippen molar-refractivity contribution in [3.8, 4) is 0 Å². The molecule has 0 saturated heterocycles.